The van der Waals surface area contributed by atoms with E-state index in [1.807, 2.05) is 0 Å². The molecule has 1 amide bonds. The highest BCUT2D eigenvalue weighted by Crippen LogP contribution is 2.28. The fourth-order valence-corrected chi connectivity index (χ4v) is 2.34. The average Bonchev–Trinajstić information content (AvgIpc) is 2.63. The lowest BCUT2D eigenvalue weighted by Crippen LogP contribution is -2.22. The Bertz CT molecular complexity index is 633. The number of allylic oxidation sites excluding steroid dienone is 2. The van der Waals surface area contributed by atoms with E-state index >= 15 is 0 Å². The van der Waals surface area contributed by atoms with Crippen LogP contribution in [0.25, 0.3) is 0 Å². The first-order valence-electron chi connectivity index (χ1n) is 8.76. The molecule has 1 aromatic carbocycles. The predicted octanol–water partition coefficient (Wildman–Crippen LogP) is 4.72. The summed E-state index contributed by atoms with van der Waals surface area (Å²) in [6, 6.07) is 4.89. The van der Waals surface area contributed by atoms with Crippen LogP contribution in [0.4, 0.5) is 4.79 Å². The molecule has 0 heterocycles. The fraction of sp³-hybridized carbons (Fsp3) is 0.474. The molecule has 0 spiro atoms. The zero-order valence-corrected chi connectivity index (χ0v) is 16.7. The molecule has 7 nitrogen and oxygen atoms in total. The standard InChI is InChI=1S/C19H27NO6S/c1-14(2)8-6-4-5-7-9-18(21)20-13-15-10-11-16(17(12-15)24-3)25-19(22)26-27-23/h6,8,10-12,14,23H,4-5,7,9,13H2,1-3H3,(H,20,21)/b8-6+. The first kappa shape index (κ1) is 22.9. The first-order chi connectivity index (χ1) is 13.0. The van der Waals surface area contributed by atoms with E-state index in [1.54, 1.807) is 12.1 Å². The predicted molar refractivity (Wildman–Crippen MR) is 105 cm³/mol. The van der Waals surface area contributed by atoms with Gasteiger partial charge in [0.2, 0.25) is 18.2 Å². The Kier molecular flexibility index (Phi) is 11.0. The molecule has 1 aromatic rings. The van der Waals surface area contributed by atoms with Crippen LogP contribution in [0, 0.1) is 5.92 Å². The number of nitrogens with one attached hydrogen (secondary N) is 1. The molecule has 0 unspecified atom stereocenters. The minimum Gasteiger partial charge on any atom is -0.493 e. The molecule has 0 aromatic heterocycles. The number of carbonyl (C=O) groups excluding carboxylic acids is 2. The fourth-order valence-electron chi connectivity index (χ4n) is 2.25. The van der Waals surface area contributed by atoms with Gasteiger partial charge in [0, 0.05) is 13.0 Å². The zero-order chi connectivity index (χ0) is 20.1. The highest BCUT2D eigenvalue weighted by molar-refractivity contribution is 7.89. The number of ether oxygens (including phenoxy) is 2. The van der Waals surface area contributed by atoms with Crippen LogP contribution in [0.5, 0.6) is 11.5 Å². The first-order valence-corrected chi connectivity index (χ1v) is 9.46. The number of hydrogen-bond acceptors (Lipinski definition) is 7. The molecule has 0 aliphatic rings. The molecule has 0 atom stereocenters. The second-order valence-electron chi connectivity index (χ2n) is 6.19. The number of benzene rings is 1. The van der Waals surface area contributed by atoms with Crippen molar-refractivity contribution >= 4 is 24.4 Å². The Labute approximate surface area is 164 Å². The van der Waals surface area contributed by atoms with Crippen LogP contribution in [0.2, 0.25) is 0 Å². The van der Waals surface area contributed by atoms with Gasteiger partial charge in [-0.05, 0) is 42.9 Å². The van der Waals surface area contributed by atoms with Crippen LogP contribution in [0.1, 0.15) is 45.1 Å². The number of methoxy groups -OCH3 is 1. The van der Waals surface area contributed by atoms with E-state index in [0.29, 0.717) is 24.6 Å². The highest BCUT2D eigenvalue weighted by Gasteiger charge is 2.12. The molecule has 8 heteroatoms. The lowest BCUT2D eigenvalue weighted by atomic mass is 10.1. The van der Waals surface area contributed by atoms with Crippen molar-refractivity contribution < 1.29 is 27.8 Å². The minimum atomic E-state index is -1.06. The summed E-state index contributed by atoms with van der Waals surface area (Å²) in [5.41, 5.74) is 0.803. The van der Waals surface area contributed by atoms with Gasteiger partial charge >= 0.3 is 6.16 Å². The van der Waals surface area contributed by atoms with Gasteiger partial charge in [-0.3, -0.25) is 9.35 Å². The summed E-state index contributed by atoms with van der Waals surface area (Å²) in [5.74, 6) is 1.02. The van der Waals surface area contributed by atoms with Crippen LogP contribution in [0.3, 0.4) is 0 Å². The molecule has 0 radical (unpaired) electrons. The van der Waals surface area contributed by atoms with Crippen molar-refractivity contribution in [3.8, 4) is 11.5 Å². The molecule has 0 saturated heterocycles. The van der Waals surface area contributed by atoms with Crippen LogP contribution in [0.15, 0.2) is 30.4 Å². The Morgan fingerprint density at radius 1 is 1.26 bits per heavy atom. The van der Waals surface area contributed by atoms with Gasteiger partial charge in [-0.15, -0.1) is 0 Å². The molecular weight excluding hydrogens is 370 g/mol. The van der Waals surface area contributed by atoms with Crippen molar-refractivity contribution in [1.82, 2.24) is 5.32 Å². The molecule has 0 fully saturated rings. The summed E-state index contributed by atoms with van der Waals surface area (Å²) >= 11 is -0.0979. The van der Waals surface area contributed by atoms with Crippen LogP contribution in [-0.2, 0) is 15.5 Å². The molecule has 1 rings (SSSR count). The third-order valence-electron chi connectivity index (χ3n) is 3.56. The van der Waals surface area contributed by atoms with Gasteiger partial charge in [-0.2, -0.15) is 0 Å². The number of amides is 1. The normalized spacial score (nSPS) is 10.9. The van der Waals surface area contributed by atoms with E-state index in [4.69, 9.17) is 14.0 Å². The van der Waals surface area contributed by atoms with Crippen molar-refractivity contribution in [1.29, 1.82) is 0 Å². The molecule has 150 valence electrons. The molecule has 27 heavy (non-hydrogen) atoms. The molecular formula is C19H27NO6S. The molecule has 2 N–H and O–H groups in total. The number of rotatable bonds is 11. The van der Waals surface area contributed by atoms with Crippen molar-refractivity contribution in [2.75, 3.05) is 7.11 Å². The summed E-state index contributed by atoms with van der Waals surface area (Å²) in [6.07, 6.45) is 6.56. The van der Waals surface area contributed by atoms with E-state index < -0.39 is 6.16 Å². The summed E-state index contributed by atoms with van der Waals surface area (Å²) < 4.78 is 22.7. The van der Waals surface area contributed by atoms with Gasteiger partial charge in [-0.25, -0.2) is 4.79 Å². The lowest BCUT2D eigenvalue weighted by Gasteiger charge is -2.11. The van der Waals surface area contributed by atoms with Crippen LogP contribution >= 0.6 is 12.3 Å². The molecule has 0 saturated carbocycles. The third kappa shape index (κ3) is 9.91. The summed E-state index contributed by atoms with van der Waals surface area (Å²) in [7, 11) is 1.43. The van der Waals surface area contributed by atoms with Gasteiger partial charge < -0.3 is 19.0 Å². The third-order valence-corrected chi connectivity index (χ3v) is 3.77. The van der Waals surface area contributed by atoms with Gasteiger partial charge in [0.25, 0.3) is 0 Å². The van der Waals surface area contributed by atoms with E-state index in [0.717, 1.165) is 24.8 Å². The Morgan fingerprint density at radius 2 is 2.04 bits per heavy atom. The quantitative estimate of drug-likeness (QED) is 0.183. The van der Waals surface area contributed by atoms with Gasteiger partial charge in [0.05, 0.1) is 7.11 Å². The number of hydrogen-bond donors (Lipinski definition) is 2. The Balaban J connectivity index is 2.41. The topological polar surface area (TPSA) is 94.1 Å². The van der Waals surface area contributed by atoms with Crippen molar-refractivity contribution in [2.24, 2.45) is 5.92 Å². The maximum absolute atomic E-state index is 11.9. The molecule has 0 bridgehead atoms. The van der Waals surface area contributed by atoms with Crippen LogP contribution in [-0.4, -0.2) is 23.7 Å². The molecule has 0 aliphatic carbocycles. The van der Waals surface area contributed by atoms with Gasteiger partial charge in [0.15, 0.2) is 11.5 Å². The molecule has 0 aliphatic heterocycles. The van der Waals surface area contributed by atoms with Crippen molar-refractivity contribution in [3.63, 3.8) is 0 Å². The second kappa shape index (κ2) is 13.1. The lowest BCUT2D eigenvalue weighted by molar-refractivity contribution is -0.121. The van der Waals surface area contributed by atoms with Crippen molar-refractivity contribution in [2.45, 2.75) is 46.1 Å². The van der Waals surface area contributed by atoms with Gasteiger partial charge in [-0.1, -0.05) is 32.1 Å². The Hall–Kier alpha value is -2.19. The van der Waals surface area contributed by atoms with Crippen molar-refractivity contribution in [3.05, 3.63) is 35.9 Å². The van der Waals surface area contributed by atoms with Gasteiger partial charge in [0.1, 0.15) is 0 Å². The maximum atomic E-state index is 11.9. The largest absolute Gasteiger partial charge is 0.528 e. The summed E-state index contributed by atoms with van der Waals surface area (Å²) in [6.45, 7) is 4.62. The summed E-state index contributed by atoms with van der Waals surface area (Å²) in [4.78, 5) is 23.2. The average molecular weight is 397 g/mol. The smallest absolute Gasteiger partial charge is 0.493 e. The monoisotopic (exact) mass is 397 g/mol. The maximum Gasteiger partial charge on any atom is 0.528 e. The Morgan fingerprint density at radius 3 is 2.70 bits per heavy atom. The van der Waals surface area contributed by atoms with E-state index in [2.05, 4.69) is 35.5 Å². The minimum absolute atomic E-state index is 0.00863. The van der Waals surface area contributed by atoms with E-state index in [-0.39, 0.29) is 24.0 Å². The second-order valence-corrected chi connectivity index (χ2v) is 6.51. The van der Waals surface area contributed by atoms with E-state index in [1.165, 1.54) is 13.2 Å². The summed E-state index contributed by atoms with van der Waals surface area (Å²) in [5, 5.41) is 2.86. The van der Waals surface area contributed by atoms with Crippen LogP contribution < -0.4 is 14.8 Å². The number of carbonyl (C=O) groups is 2. The SMILES string of the molecule is COc1cc(CNC(=O)CCCC/C=C/C(C)C)ccc1OC(=O)OSO. The van der Waals surface area contributed by atoms with E-state index in [9.17, 15) is 9.59 Å². The highest BCUT2D eigenvalue weighted by atomic mass is 32.2. The number of unbranched alkanes of at least 4 members (excludes halogenated alkanes) is 2. The zero-order valence-electron chi connectivity index (χ0n) is 15.9.